The van der Waals surface area contributed by atoms with Gasteiger partial charge in [0.05, 0.1) is 0 Å². The minimum Gasteiger partial charge on any atom is -0.353 e. The van der Waals surface area contributed by atoms with Gasteiger partial charge in [0.25, 0.3) is 0 Å². The Labute approximate surface area is 89.9 Å². The van der Waals surface area contributed by atoms with E-state index in [1.807, 2.05) is 24.4 Å². The van der Waals surface area contributed by atoms with E-state index < -0.39 is 0 Å². The Balaban J connectivity index is 2.14. The van der Waals surface area contributed by atoms with Gasteiger partial charge in [0.2, 0.25) is 5.91 Å². The maximum absolute atomic E-state index is 11.2. The van der Waals surface area contributed by atoms with Crippen LogP contribution in [-0.4, -0.2) is 16.9 Å². The first-order chi connectivity index (χ1) is 7.31. The molecule has 1 fully saturated rings. The Morgan fingerprint density at radius 3 is 3.00 bits per heavy atom. The number of nitrogens with zero attached hydrogens (tertiary/aromatic N) is 1. The predicted octanol–water partition coefficient (Wildman–Crippen LogP) is 1.85. The molecule has 0 unspecified atom stereocenters. The van der Waals surface area contributed by atoms with Crippen LogP contribution in [0.4, 0.5) is 0 Å². The molecule has 80 valence electrons. The fourth-order valence-corrected chi connectivity index (χ4v) is 2.23. The number of pyridine rings is 1. The maximum atomic E-state index is 11.2. The van der Waals surface area contributed by atoms with E-state index in [1.165, 1.54) is 0 Å². The van der Waals surface area contributed by atoms with E-state index in [4.69, 9.17) is 0 Å². The molecule has 1 N–H and O–H groups in total. The largest absolute Gasteiger partial charge is 0.353 e. The molecule has 2 rings (SSSR count). The molecule has 1 saturated heterocycles. The number of carbonyl (C=O) groups is 1. The summed E-state index contributed by atoms with van der Waals surface area (Å²) in [5, 5.41) is 3.02. The van der Waals surface area contributed by atoms with Crippen LogP contribution in [0.3, 0.4) is 0 Å². The normalized spacial score (nSPS) is 22.5. The van der Waals surface area contributed by atoms with Gasteiger partial charge in [0, 0.05) is 30.3 Å². The summed E-state index contributed by atoms with van der Waals surface area (Å²) in [7, 11) is 0. The van der Waals surface area contributed by atoms with Gasteiger partial charge in [0.15, 0.2) is 0 Å². The van der Waals surface area contributed by atoms with Crippen molar-refractivity contribution in [3.63, 3.8) is 0 Å². The number of hydrogen-bond donors (Lipinski definition) is 1. The highest BCUT2D eigenvalue weighted by atomic mass is 16.1. The van der Waals surface area contributed by atoms with Gasteiger partial charge in [-0.25, -0.2) is 0 Å². The van der Waals surface area contributed by atoms with Crippen molar-refractivity contribution in [1.82, 2.24) is 10.3 Å². The van der Waals surface area contributed by atoms with Gasteiger partial charge >= 0.3 is 0 Å². The molecule has 0 spiro atoms. The zero-order valence-electron chi connectivity index (χ0n) is 8.94. The van der Waals surface area contributed by atoms with Crippen LogP contribution in [0.25, 0.3) is 0 Å². The third-order valence-electron chi connectivity index (χ3n) is 3.02. The molecule has 0 bridgehead atoms. The molecule has 1 aromatic rings. The van der Waals surface area contributed by atoms with Crippen molar-refractivity contribution < 1.29 is 4.79 Å². The first-order valence-corrected chi connectivity index (χ1v) is 5.51. The molecular weight excluding hydrogens is 188 g/mol. The van der Waals surface area contributed by atoms with E-state index in [0.29, 0.717) is 12.3 Å². The number of carbonyl (C=O) groups excluding carboxylic acids is 1. The summed E-state index contributed by atoms with van der Waals surface area (Å²) in [6.45, 7) is 2.14. The Kier molecular flexibility index (Phi) is 2.99. The summed E-state index contributed by atoms with van der Waals surface area (Å²) < 4.78 is 0. The van der Waals surface area contributed by atoms with Crippen molar-refractivity contribution >= 4 is 5.91 Å². The predicted molar refractivity (Wildman–Crippen MR) is 58.4 cm³/mol. The third kappa shape index (κ3) is 2.17. The topological polar surface area (TPSA) is 42.0 Å². The van der Waals surface area contributed by atoms with Crippen LogP contribution >= 0.6 is 0 Å². The number of nitrogens with one attached hydrogen (secondary N) is 1. The third-order valence-corrected chi connectivity index (χ3v) is 3.02. The minimum atomic E-state index is 0.175. The average molecular weight is 204 g/mol. The van der Waals surface area contributed by atoms with Crippen LogP contribution in [0, 0.1) is 0 Å². The molecule has 2 atom stereocenters. The fraction of sp³-hybridized carbons (Fsp3) is 0.500. The molecule has 1 aromatic heterocycles. The average Bonchev–Trinajstić information content (AvgIpc) is 2.68. The van der Waals surface area contributed by atoms with Gasteiger partial charge in [-0.3, -0.25) is 9.78 Å². The van der Waals surface area contributed by atoms with Gasteiger partial charge in [-0.15, -0.1) is 0 Å². The molecule has 1 aliphatic heterocycles. The molecule has 3 nitrogen and oxygen atoms in total. The first-order valence-electron chi connectivity index (χ1n) is 5.51. The van der Waals surface area contributed by atoms with Gasteiger partial charge in [-0.05, 0) is 25.0 Å². The zero-order chi connectivity index (χ0) is 10.7. The monoisotopic (exact) mass is 204 g/mol. The minimum absolute atomic E-state index is 0.175. The Morgan fingerprint density at radius 1 is 1.60 bits per heavy atom. The van der Waals surface area contributed by atoms with Crippen molar-refractivity contribution in [3.05, 3.63) is 30.1 Å². The van der Waals surface area contributed by atoms with Crippen LogP contribution in [0.5, 0.6) is 0 Å². The molecule has 3 heteroatoms. The number of rotatable bonds is 3. The Bertz CT molecular complexity index is 337. The van der Waals surface area contributed by atoms with Crippen molar-refractivity contribution in [2.24, 2.45) is 0 Å². The highest BCUT2D eigenvalue weighted by Crippen LogP contribution is 2.26. The highest BCUT2D eigenvalue weighted by Gasteiger charge is 2.29. The summed E-state index contributed by atoms with van der Waals surface area (Å²) in [6, 6.07) is 6.24. The molecule has 1 amide bonds. The zero-order valence-corrected chi connectivity index (χ0v) is 8.94. The van der Waals surface area contributed by atoms with E-state index in [2.05, 4.69) is 17.2 Å². The van der Waals surface area contributed by atoms with E-state index in [9.17, 15) is 4.79 Å². The van der Waals surface area contributed by atoms with Gasteiger partial charge in [-0.2, -0.15) is 0 Å². The first kappa shape index (κ1) is 10.1. The Morgan fingerprint density at radius 2 is 2.47 bits per heavy atom. The van der Waals surface area contributed by atoms with Crippen molar-refractivity contribution in [1.29, 1.82) is 0 Å². The summed E-state index contributed by atoms with van der Waals surface area (Å²) >= 11 is 0. The van der Waals surface area contributed by atoms with Gasteiger partial charge in [-0.1, -0.05) is 13.0 Å². The molecule has 0 aromatic carbocycles. The number of hydrogen-bond acceptors (Lipinski definition) is 2. The van der Waals surface area contributed by atoms with Crippen LogP contribution < -0.4 is 5.32 Å². The van der Waals surface area contributed by atoms with Crippen molar-refractivity contribution in [2.45, 2.75) is 38.1 Å². The van der Waals surface area contributed by atoms with Crippen molar-refractivity contribution in [3.8, 4) is 0 Å². The molecule has 0 aliphatic carbocycles. The summed E-state index contributed by atoms with van der Waals surface area (Å²) in [5.41, 5.74) is 1.09. The van der Waals surface area contributed by atoms with Crippen LogP contribution in [0.2, 0.25) is 0 Å². The summed E-state index contributed by atoms with van der Waals surface area (Å²) in [4.78, 5) is 15.5. The Hall–Kier alpha value is -1.38. The second kappa shape index (κ2) is 4.43. The lowest BCUT2D eigenvalue weighted by Crippen LogP contribution is -2.31. The van der Waals surface area contributed by atoms with Crippen LogP contribution in [0.1, 0.15) is 37.8 Å². The van der Waals surface area contributed by atoms with Gasteiger partial charge in [0.1, 0.15) is 0 Å². The summed E-state index contributed by atoms with van der Waals surface area (Å²) in [6.07, 6.45) is 4.43. The van der Waals surface area contributed by atoms with E-state index >= 15 is 0 Å². The summed E-state index contributed by atoms with van der Waals surface area (Å²) in [5.74, 6) is 0.534. The lowest BCUT2D eigenvalue weighted by atomic mass is 9.92. The maximum Gasteiger partial charge on any atom is 0.220 e. The quantitative estimate of drug-likeness (QED) is 0.816. The molecule has 2 heterocycles. The van der Waals surface area contributed by atoms with E-state index in [0.717, 1.165) is 18.5 Å². The lowest BCUT2D eigenvalue weighted by molar-refractivity contribution is -0.119. The van der Waals surface area contributed by atoms with E-state index in [1.54, 1.807) is 0 Å². The number of amides is 1. The molecular formula is C12H16N2O. The van der Waals surface area contributed by atoms with Crippen LogP contribution in [0.15, 0.2) is 24.4 Å². The molecule has 0 radical (unpaired) electrons. The van der Waals surface area contributed by atoms with Crippen molar-refractivity contribution in [2.75, 3.05) is 0 Å². The number of aromatic nitrogens is 1. The van der Waals surface area contributed by atoms with E-state index in [-0.39, 0.29) is 11.9 Å². The highest BCUT2D eigenvalue weighted by molar-refractivity contribution is 5.78. The fourth-order valence-electron chi connectivity index (χ4n) is 2.23. The molecule has 1 aliphatic rings. The second-order valence-corrected chi connectivity index (χ2v) is 3.98. The molecule has 15 heavy (non-hydrogen) atoms. The lowest BCUT2D eigenvalue weighted by Gasteiger charge is -2.21. The standard InChI is InChI=1S/C12H16N2O/c1-2-9(10-5-3-4-8-13-10)11-6-7-12(15)14-11/h3-5,8-9,11H,2,6-7H2,1H3,(H,14,15)/t9-,11+/m0/s1. The second-order valence-electron chi connectivity index (χ2n) is 3.98. The van der Waals surface area contributed by atoms with Crippen LogP contribution in [-0.2, 0) is 4.79 Å². The SMILES string of the molecule is CC[C@@H](c1ccccn1)[C@H]1CCC(=O)N1. The smallest absolute Gasteiger partial charge is 0.220 e. The molecule has 0 saturated carbocycles. The van der Waals surface area contributed by atoms with Gasteiger partial charge < -0.3 is 5.32 Å².